The number of ketones is 1. The molecule has 1 aromatic heterocycles. The van der Waals surface area contributed by atoms with Crippen molar-refractivity contribution in [2.75, 3.05) is 0 Å². The third-order valence-corrected chi connectivity index (χ3v) is 2.18. The Balaban J connectivity index is 3.90. The number of carbonyl (C=O) groups excluding carboxylic acids is 1. The van der Waals surface area contributed by atoms with Gasteiger partial charge in [-0.25, -0.2) is 23.9 Å². The van der Waals surface area contributed by atoms with E-state index in [1.54, 1.807) is 13.8 Å². The first kappa shape index (κ1) is 7.35. The van der Waals surface area contributed by atoms with Crippen molar-refractivity contribution >= 4 is 5.78 Å². The van der Waals surface area contributed by atoms with Crippen molar-refractivity contribution < 1.29 is 13.1 Å². The van der Waals surface area contributed by atoms with E-state index in [4.69, 9.17) is 8.27 Å². The van der Waals surface area contributed by atoms with Gasteiger partial charge in [0, 0.05) is 11.2 Å². The number of aromatic nitrogens is 3. The van der Waals surface area contributed by atoms with E-state index in [2.05, 4.69) is 0 Å². The maximum atomic E-state index is 12.5. The fraction of sp³-hybridized carbons (Fsp3) is 0.417. The van der Waals surface area contributed by atoms with Crippen molar-refractivity contribution in [1.82, 2.24) is 14.3 Å². The van der Waals surface area contributed by atoms with Gasteiger partial charge >= 0.3 is 11.4 Å². The van der Waals surface area contributed by atoms with Gasteiger partial charge in [-0.3, -0.25) is 4.79 Å². The molecule has 1 unspecified atom stereocenters. The summed E-state index contributed by atoms with van der Waals surface area (Å²) in [5.41, 5.74) is -2.65. The molecule has 18 heavy (non-hydrogen) atoms. The number of aromatic amines is 1. The van der Waals surface area contributed by atoms with Gasteiger partial charge in [-0.05, 0) is 32.3 Å². The van der Waals surface area contributed by atoms with Crippen LogP contribution in [0.3, 0.4) is 0 Å². The van der Waals surface area contributed by atoms with Crippen LogP contribution < -0.4 is 11.4 Å². The number of rotatable bonds is 4. The van der Waals surface area contributed by atoms with Crippen LogP contribution in [0.4, 0.5) is 0 Å². The minimum Gasteiger partial charge on any atom is -0.292 e. The van der Waals surface area contributed by atoms with E-state index < -0.39 is 42.2 Å². The van der Waals surface area contributed by atoms with Gasteiger partial charge in [0.15, 0.2) is 7.20 Å². The highest BCUT2D eigenvalue weighted by molar-refractivity contribution is 5.95. The van der Waals surface area contributed by atoms with Crippen LogP contribution in [0, 0.1) is 0 Å². The number of allylic oxidation sites excluding steroid dienone is 3. The molecule has 98 valence electrons. The van der Waals surface area contributed by atoms with Crippen LogP contribution in [0.1, 0.15) is 33.6 Å². The summed E-state index contributed by atoms with van der Waals surface area (Å²) in [5.74, 6) is -0.924. The van der Waals surface area contributed by atoms with Gasteiger partial charge in [-0.1, -0.05) is 12.1 Å². The number of nitrogens with zero attached hydrogens (tertiary/aromatic N) is 2. The molecule has 0 bridgehead atoms. The lowest BCUT2D eigenvalue weighted by Crippen LogP contribution is -2.32. The average Bonchev–Trinajstić information content (AvgIpc) is 2.58. The summed E-state index contributed by atoms with van der Waals surface area (Å²) < 4.78 is 45.7. The van der Waals surface area contributed by atoms with Crippen LogP contribution in [0.25, 0.3) is 0 Å². The molecule has 1 atom stereocenters. The van der Waals surface area contributed by atoms with E-state index in [-0.39, 0.29) is 5.09 Å². The van der Waals surface area contributed by atoms with Gasteiger partial charge in [-0.2, -0.15) is 0 Å². The first-order valence-electron chi connectivity index (χ1n) is 8.01. The Kier molecular flexibility index (Phi) is 2.06. The molecule has 0 aromatic carbocycles. The van der Waals surface area contributed by atoms with Crippen molar-refractivity contribution in [2.45, 2.75) is 26.7 Å². The zero-order chi connectivity index (χ0) is 19.0. The van der Waals surface area contributed by atoms with Crippen LogP contribution in [0.15, 0.2) is 33.3 Å². The molecular weight excluding hydrogens is 234 g/mol. The van der Waals surface area contributed by atoms with Crippen molar-refractivity contribution in [3.05, 3.63) is 44.7 Å². The molecule has 6 nitrogen and oxygen atoms in total. The van der Waals surface area contributed by atoms with E-state index in [9.17, 15) is 14.4 Å². The second-order valence-corrected chi connectivity index (χ2v) is 4.01. The Hall–Kier alpha value is -2.11. The van der Waals surface area contributed by atoms with E-state index in [1.807, 2.05) is 0 Å². The molecule has 6 heteroatoms. The molecule has 0 fully saturated rings. The molecule has 1 heterocycles. The lowest BCUT2D eigenvalue weighted by Gasteiger charge is -2.14. The van der Waals surface area contributed by atoms with Crippen LogP contribution in [0.5, 0.6) is 0 Å². The quantitative estimate of drug-likeness (QED) is 0.631. The maximum absolute atomic E-state index is 12.5. The summed E-state index contributed by atoms with van der Waals surface area (Å²) in [6.07, 6.45) is 1.03. The summed E-state index contributed by atoms with van der Waals surface area (Å²) in [6.45, 7) is -1.12. The molecule has 0 amide bonds. The summed E-state index contributed by atoms with van der Waals surface area (Å²) in [4.78, 5) is 36.4. The molecule has 0 aliphatic heterocycles. The maximum Gasteiger partial charge on any atom is 0.347 e. The van der Waals surface area contributed by atoms with E-state index in [0.29, 0.717) is 14.8 Å². The third kappa shape index (κ3) is 2.58. The Bertz CT molecular complexity index is 832. The molecule has 0 radical (unpaired) electrons. The first-order chi connectivity index (χ1) is 10.8. The van der Waals surface area contributed by atoms with Crippen LogP contribution in [-0.2, 0) is 11.8 Å². The molecule has 0 aliphatic carbocycles. The lowest BCUT2D eigenvalue weighted by molar-refractivity contribution is -0.117. The van der Waals surface area contributed by atoms with Gasteiger partial charge in [0.25, 0.3) is 0 Å². The van der Waals surface area contributed by atoms with Gasteiger partial charge in [0.1, 0.15) is 6.04 Å². The van der Waals surface area contributed by atoms with E-state index >= 15 is 0 Å². The van der Waals surface area contributed by atoms with Gasteiger partial charge in [0.2, 0.25) is 0 Å². The van der Waals surface area contributed by atoms with Crippen molar-refractivity contribution in [3.63, 3.8) is 0 Å². The molecule has 1 aromatic rings. The highest BCUT2D eigenvalue weighted by atomic mass is 16.2. The number of H-pyrrole nitrogens is 1. The highest BCUT2D eigenvalue weighted by Gasteiger charge is 2.23. The predicted octanol–water partition coefficient (Wildman–Crippen LogP) is 0.528. The third-order valence-electron chi connectivity index (χ3n) is 2.18. The van der Waals surface area contributed by atoms with Gasteiger partial charge in [-0.15, -0.1) is 0 Å². The second-order valence-electron chi connectivity index (χ2n) is 4.01. The fourth-order valence-corrected chi connectivity index (χ4v) is 1.35. The Morgan fingerprint density at radius 1 is 1.61 bits per heavy atom. The predicted molar refractivity (Wildman–Crippen MR) is 68.6 cm³/mol. The van der Waals surface area contributed by atoms with Crippen LogP contribution in [0.2, 0.25) is 1.41 Å². The Morgan fingerprint density at radius 3 is 2.67 bits per heavy atom. The molecule has 0 aliphatic rings. The minimum atomic E-state index is -3.04. The largest absolute Gasteiger partial charge is 0.347 e. The minimum absolute atomic E-state index is 0.0540. The van der Waals surface area contributed by atoms with Crippen molar-refractivity contribution in [3.8, 4) is 0 Å². The standard InChI is InChI=1S/C12H17N3O3/c1-7(2)6-9(16)10(8(3)4)15-12(18)14(5)11(17)13-15/h6,10H,3H2,1-2,4-5H3,(H,13,17)/i3D2,4D3/hD. The molecule has 1 N–H and O–H groups in total. The first-order valence-corrected chi connectivity index (χ1v) is 5.07. The topological polar surface area (TPSA) is 76.9 Å². The summed E-state index contributed by atoms with van der Waals surface area (Å²) in [5, 5.41) is 0.0540. The molecule has 0 saturated carbocycles. The summed E-state index contributed by atoms with van der Waals surface area (Å²) in [7, 11) is 1.07. The molecule has 0 saturated heterocycles. The number of carbonyl (C=O) groups is 1. The van der Waals surface area contributed by atoms with Gasteiger partial charge in [0.05, 0.1) is 2.74 Å². The summed E-state index contributed by atoms with van der Waals surface area (Å²) >= 11 is 0. The van der Waals surface area contributed by atoms with E-state index in [0.717, 1.165) is 13.1 Å². The average molecular weight is 257 g/mol. The second kappa shape index (κ2) is 5.03. The molecule has 1 rings (SSSR count). The fourth-order valence-electron chi connectivity index (χ4n) is 1.35. The van der Waals surface area contributed by atoms with Gasteiger partial charge < -0.3 is 0 Å². The number of hydrogen-bond donors (Lipinski definition) is 1. The van der Waals surface area contributed by atoms with Crippen molar-refractivity contribution in [2.24, 2.45) is 7.05 Å². The number of nitrogens with one attached hydrogen (secondary N) is 1. The molecule has 0 spiro atoms. The number of hydrogen-bond acceptors (Lipinski definition) is 3. The highest BCUT2D eigenvalue weighted by Crippen LogP contribution is 2.14. The van der Waals surface area contributed by atoms with Crippen molar-refractivity contribution in [1.29, 1.82) is 0 Å². The van der Waals surface area contributed by atoms with Crippen LogP contribution in [-0.4, -0.2) is 20.1 Å². The zero-order valence-corrected chi connectivity index (χ0v) is 10.2. The van der Waals surface area contributed by atoms with E-state index in [1.165, 1.54) is 0 Å². The Morgan fingerprint density at radius 2 is 2.28 bits per heavy atom. The Labute approximate surface area is 113 Å². The van der Waals surface area contributed by atoms with Crippen LogP contribution >= 0.6 is 0 Å². The summed E-state index contributed by atoms with van der Waals surface area (Å²) in [6, 6.07) is -1.96. The zero-order valence-electron chi connectivity index (χ0n) is 16.2. The molecular formula is C12H17N3O3. The lowest BCUT2D eigenvalue weighted by atomic mass is 10.0. The monoisotopic (exact) mass is 257 g/mol. The smallest absolute Gasteiger partial charge is 0.292 e. The SMILES string of the molecule is [2H]C([2H])=C(C(C(=O)C=C(C)C)n1c(=O)n(C)c(=O)n1[2H])C([2H])([2H])[2H]. The normalized spacial score (nSPS) is 17.3.